The average Bonchev–Trinajstić information content (AvgIpc) is 3.28. The molecule has 3 aromatic carbocycles. The number of carbonyl (C=O) groups is 2. The standard InChI is InChI=1S/C28H27N3O5/c1-3-19(16-27(33)34-2)18-35-23-11-7-10-22(17-23)29-26(32)15-20-12-13-24-25(14-20)36-28(31-24)30-21-8-5-4-6-9-21/h3-14,17,19H,1,15-16,18H2,2H3,(H,29,32)(H,30,31). The molecule has 0 spiro atoms. The SMILES string of the molecule is C=CC(COc1cccc(NC(=O)Cc2ccc3nc(Nc4ccccc4)oc3c2)c1)CC(=O)OC. The Morgan fingerprint density at radius 2 is 1.86 bits per heavy atom. The summed E-state index contributed by atoms with van der Waals surface area (Å²) in [6.45, 7) is 4.01. The highest BCUT2D eigenvalue weighted by molar-refractivity contribution is 5.93. The molecule has 1 amide bonds. The number of hydrogen-bond donors (Lipinski definition) is 2. The summed E-state index contributed by atoms with van der Waals surface area (Å²) in [5.74, 6) is -0.101. The van der Waals surface area contributed by atoms with Gasteiger partial charge in [-0.05, 0) is 42.0 Å². The van der Waals surface area contributed by atoms with E-state index < -0.39 is 0 Å². The number of hydrogen-bond acceptors (Lipinski definition) is 7. The molecule has 0 aliphatic rings. The molecule has 0 fully saturated rings. The van der Waals surface area contributed by atoms with Crippen molar-refractivity contribution in [1.82, 2.24) is 4.98 Å². The van der Waals surface area contributed by atoms with Crippen LogP contribution >= 0.6 is 0 Å². The molecule has 0 bridgehead atoms. The van der Waals surface area contributed by atoms with Crippen LogP contribution in [0.25, 0.3) is 11.1 Å². The molecule has 1 heterocycles. The van der Waals surface area contributed by atoms with E-state index in [9.17, 15) is 9.59 Å². The molecule has 8 nitrogen and oxygen atoms in total. The third kappa shape index (κ3) is 6.73. The van der Waals surface area contributed by atoms with Crippen molar-refractivity contribution >= 4 is 40.4 Å². The highest BCUT2D eigenvalue weighted by atomic mass is 16.5. The number of para-hydroxylation sites is 1. The van der Waals surface area contributed by atoms with E-state index >= 15 is 0 Å². The number of ether oxygens (including phenoxy) is 2. The van der Waals surface area contributed by atoms with E-state index in [0.29, 0.717) is 28.6 Å². The number of rotatable bonds is 11. The first-order chi connectivity index (χ1) is 17.5. The van der Waals surface area contributed by atoms with Crippen LogP contribution in [0.15, 0.2) is 89.9 Å². The molecule has 8 heteroatoms. The number of methoxy groups -OCH3 is 1. The molecule has 0 saturated heterocycles. The van der Waals surface area contributed by atoms with Crippen molar-refractivity contribution in [3.63, 3.8) is 0 Å². The van der Waals surface area contributed by atoms with E-state index in [2.05, 4.69) is 22.2 Å². The fourth-order valence-corrected chi connectivity index (χ4v) is 3.54. The van der Waals surface area contributed by atoms with Gasteiger partial charge in [0.25, 0.3) is 6.01 Å². The van der Waals surface area contributed by atoms with Gasteiger partial charge in [-0.1, -0.05) is 36.4 Å². The van der Waals surface area contributed by atoms with Gasteiger partial charge < -0.3 is 24.5 Å². The van der Waals surface area contributed by atoms with Crippen molar-refractivity contribution in [2.45, 2.75) is 12.8 Å². The first-order valence-electron chi connectivity index (χ1n) is 11.5. The third-order valence-corrected chi connectivity index (χ3v) is 5.41. The number of benzene rings is 3. The van der Waals surface area contributed by atoms with E-state index in [4.69, 9.17) is 13.9 Å². The maximum atomic E-state index is 12.7. The van der Waals surface area contributed by atoms with E-state index in [0.717, 1.165) is 11.3 Å². The van der Waals surface area contributed by atoms with Crippen molar-refractivity contribution in [2.24, 2.45) is 5.92 Å². The summed E-state index contributed by atoms with van der Waals surface area (Å²) >= 11 is 0. The van der Waals surface area contributed by atoms with Gasteiger partial charge in [0.15, 0.2) is 5.58 Å². The normalized spacial score (nSPS) is 11.5. The van der Waals surface area contributed by atoms with Gasteiger partial charge in [-0.3, -0.25) is 9.59 Å². The Bertz CT molecular complexity index is 1350. The minimum absolute atomic E-state index is 0.167. The molecule has 184 valence electrons. The Labute approximate surface area is 208 Å². The Balaban J connectivity index is 1.34. The molecule has 0 radical (unpaired) electrons. The Morgan fingerprint density at radius 3 is 2.64 bits per heavy atom. The molecule has 1 aromatic heterocycles. The van der Waals surface area contributed by atoms with Crippen molar-refractivity contribution in [2.75, 3.05) is 24.4 Å². The molecule has 4 aromatic rings. The summed E-state index contributed by atoms with van der Waals surface area (Å²) in [7, 11) is 1.35. The number of aromatic nitrogens is 1. The molecule has 0 aliphatic heterocycles. The quantitative estimate of drug-likeness (QED) is 0.214. The van der Waals surface area contributed by atoms with Crippen LogP contribution in [0.1, 0.15) is 12.0 Å². The molecule has 1 atom stereocenters. The largest absolute Gasteiger partial charge is 0.493 e. The Hall–Kier alpha value is -4.59. The summed E-state index contributed by atoms with van der Waals surface area (Å²) in [6, 6.07) is 22.6. The predicted molar refractivity (Wildman–Crippen MR) is 138 cm³/mol. The van der Waals surface area contributed by atoms with Crippen LogP contribution in [0.3, 0.4) is 0 Å². The lowest BCUT2D eigenvalue weighted by Gasteiger charge is -2.14. The lowest BCUT2D eigenvalue weighted by molar-refractivity contribution is -0.141. The molecule has 0 saturated carbocycles. The van der Waals surface area contributed by atoms with Gasteiger partial charge >= 0.3 is 5.97 Å². The number of amides is 1. The van der Waals surface area contributed by atoms with Crippen molar-refractivity contribution in [3.05, 3.63) is 91.0 Å². The van der Waals surface area contributed by atoms with Crippen LogP contribution < -0.4 is 15.4 Å². The monoisotopic (exact) mass is 485 g/mol. The van der Waals surface area contributed by atoms with Crippen LogP contribution in [-0.2, 0) is 20.7 Å². The number of fused-ring (bicyclic) bond motifs is 1. The number of nitrogens with one attached hydrogen (secondary N) is 2. The fourth-order valence-electron chi connectivity index (χ4n) is 3.54. The molecular formula is C28H27N3O5. The van der Waals surface area contributed by atoms with E-state index in [-0.39, 0.29) is 37.2 Å². The van der Waals surface area contributed by atoms with E-state index in [1.165, 1.54) is 7.11 Å². The van der Waals surface area contributed by atoms with Crippen LogP contribution in [0, 0.1) is 5.92 Å². The molecule has 2 N–H and O–H groups in total. The summed E-state index contributed by atoms with van der Waals surface area (Å²) in [5, 5.41) is 6.02. The summed E-state index contributed by atoms with van der Waals surface area (Å²) in [5.41, 5.74) is 3.57. The summed E-state index contributed by atoms with van der Waals surface area (Å²) < 4.78 is 16.3. The van der Waals surface area contributed by atoms with Gasteiger partial charge in [0.2, 0.25) is 5.91 Å². The molecule has 4 rings (SSSR count). The van der Waals surface area contributed by atoms with Crippen LogP contribution in [0.5, 0.6) is 5.75 Å². The minimum atomic E-state index is -0.322. The zero-order valence-electron chi connectivity index (χ0n) is 19.9. The highest BCUT2D eigenvalue weighted by Gasteiger charge is 2.13. The number of esters is 1. The predicted octanol–water partition coefficient (Wildman–Crippen LogP) is 5.50. The van der Waals surface area contributed by atoms with Gasteiger partial charge in [-0.25, -0.2) is 0 Å². The third-order valence-electron chi connectivity index (χ3n) is 5.41. The van der Waals surface area contributed by atoms with Gasteiger partial charge in [-0.15, -0.1) is 6.58 Å². The number of nitrogens with zero attached hydrogens (tertiary/aromatic N) is 1. The van der Waals surface area contributed by atoms with Crippen molar-refractivity contribution in [1.29, 1.82) is 0 Å². The number of oxazole rings is 1. The molecule has 36 heavy (non-hydrogen) atoms. The van der Waals surface area contributed by atoms with Gasteiger partial charge in [0.1, 0.15) is 11.3 Å². The maximum absolute atomic E-state index is 12.7. The number of anilines is 3. The Morgan fingerprint density at radius 1 is 1.06 bits per heavy atom. The average molecular weight is 486 g/mol. The van der Waals surface area contributed by atoms with Crippen LogP contribution in [-0.4, -0.2) is 30.6 Å². The van der Waals surface area contributed by atoms with Crippen molar-refractivity contribution in [3.8, 4) is 5.75 Å². The van der Waals surface area contributed by atoms with Gasteiger partial charge in [-0.2, -0.15) is 4.98 Å². The van der Waals surface area contributed by atoms with Crippen LogP contribution in [0.4, 0.5) is 17.4 Å². The topological polar surface area (TPSA) is 103 Å². The lowest BCUT2D eigenvalue weighted by atomic mass is 10.1. The maximum Gasteiger partial charge on any atom is 0.306 e. The zero-order chi connectivity index (χ0) is 25.3. The molecule has 1 unspecified atom stereocenters. The Kier molecular flexibility index (Phi) is 7.97. The molecule has 0 aliphatic carbocycles. The molecular weight excluding hydrogens is 458 g/mol. The zero-order valence-corrected chi connectivity index (χ0v) is 19.9. The second kappa shape index (κ2) is 11.7. The summed E-state index contributed by atoms with van der Waals surface area (Å²) in [4.78, 5) is 28.6. The minimum Gasteiger partial charge on any atom is -0.493 e. The van der Waals surface area contributed by atoms with Crippen LogP contribution in [0.2, 0.25) is 0 Å². The first kappa shape index (κ1) is 24.5. The second-order valence-corrected chi connectivity index (χ2v) is 8.15. The fraction of sp³-hybridized carbons (Fsp3) is 0.179. The van der Waals surface area contributed by atoms with Crippen molar-refractivity contribution < 1.29 is 23.5 Å². The van der Waals surface area contributed by atoms with E-state index in [1.54, 1.807) is 30.3 Å². The van der Waals surface area contributed by atoms with Gasteiger partial charge in [0, 0.05) is 23.4 Å². The first-order valence-corrected chi connectivity index (χ1v) is 11.5. The van der Waals surface area contributed by atoms with Gasteiger partial charge in [0.05, 0.1) is 26.6 Å². The second-order valence-electron chi connectivity index (χ2n) is 8.15. The van der Waals surface area contributed by atoms with E-state index in [1.807, 2.05) is 48.5 Å². The number of carbonyl (C=O) groups excluding carboxylic acids is 2. The smallest absolute Gasteiger partial charge is 0.306 e. The lowest BCUT2D eigenvalue weighted by Crippen LogP contribution is -2.16. The highest BCUT2D eigenvalue weighted by Crippen LogP contribution is 2.24. The summed E-state index contributed by atoms with van der Waals surface area (Å²) in [6.07, 6.45) is 2.02.